The average Bonchev–Trinajstić information content (AvgIpc) is 2.85. The summed E-state index contributed by atoms with van der Waals surface area (Å²) >= 11 is 0. The van der Waals surface area contributed by atoms with E-state index < -0.39 is 0 Å². The number of benzene rings is 1. The van der Waals surface area contributed by atoms with Crippen LogP contribution in [-0.4, -0.2) is 82.0 Å². The van der Waals surface area contributed by atoms with E-state index >= 15 is 0 Å². The van der Waals surface area contributed by atoms with Gasteiger partial charge in [0.25, 0.3) is 5.91 Å². The Hall–Kier alpha value is -1.76. The molecule has 3 rings (SSSR count). The number of nitrogens with zero attached hydrogens (tertiary/aromatic N) is 4. The van der Waals surface area contributed by atoms with Crippen molar-refractivity contribution in [2.45, 2.75) is 0 Å². The van der Waals surface area contributed by atoms with Gasteiger partial charge in [0.1, 0.15) is 0 Å². The van der Waals surface area contributed by atoms with Gasteiger partial charge >= 0.3 is 0 Å². The van der Waals surface area contributed by atoms with Gasteiger partial charge < -0.3 is 9.64 Å². The number of likely N-dealkylation sites (N-methyl/N-ethyl adjacent to an activating group) is 1. The maximum absolute atomic E-state index is 12.8. The van der Waals surface area contributed by atoms with Crippen LogP contribution in [0.3, 0.4) is 0 Å². The molecule has 1 aromatic carbocycles. The molecule has 1 aromatic rings. The van der Waals surface area contributed by atoms with Crippen LogP contribution in [0.4, 0.5) is 5.69 Å². The van der Waals surface area contributed by atoms with Crippen LogP contribution < -0.4 is 4.59 Å². The zero-order valence-electron chi connectivity index (χ0n) is 14.2. The van der Waals surface area contributed by atoms with Crippen LogP contribution in [0, 0.1) is 0 Å². The van der Waals surface area contributed by atoms with E-state index in [1.807, 2.05) is 45.4 Å². The van der Waals surface area contributed by atoms with Crippen LogP contribution in [0.25, 0.3) is 0 Å². The van der Waals surface area contributed by atoms with Gasteiger partial charge in [-0.15, -0.1) is 0 Å². The van der Waals surface area contributed by atoms with E-state index in [-0.39, 0.29) is 5.91 Å². The Kier molecular flexibility index (Phi) is 4.48. The second-order valence-corrected chi connectivity index (χ2v) is 6.54. The number of morpholine rings is 1. The fraction of sp³-hybridized carbons (Fsp3) is 0.529. The lowest BCUT2D eigenvalue weighted by Crippen LogP contribution is -2.43. The minimum absolute atomic E-state index is 0.00518. The third-order valence-electron chi connectivity index (χ3n) is 4.50. The van der Waals surface area contributed by atoms with Gasteiger partial charge in [-0.2, -0.15) is 4.59 Å². The first-order valence-corrected chi connectivity index (χ1v) is 8.09. The Morgan fingerprint density at radius 1 is 1.30 bits per heavy atom. The molecule has 6 nitrogen and oxygen atoms in total. The summed E-state index contributed by atoms with van der Waals surface area (Å²) < 4.78 is 5.72. The van der Waals surface area contributed by atoms with Crippen LogP contribution in [0.15, 0.2) is 29.4 Å². The van der Waals surface area contributed by atoms with Crippen molar-refractivity contribution in [2.24, 2.45) is 5.10 Å². The molecule has 1 fully saturated rings. The molecular weight excluding hydrogens is 292 g/mol. The van der Waals surface area contributed by atoms with E-state index in [4.69, 9.17) is 4.74 Å². The van der Waals surface area contributed by atoms with Crippen molar-refractivity contribution in [3.8, 4) is 0 Å². The first-order chi connectivity index (χ1) is 11.0. The lowest BCUT2D eigenvalue weighted by molar-refractivity contribution is -0.123. The van der Waals surface area contributed by atoms with Crippen LogP contribution in [-0.2, 0) is 9.53 Å². The highest BCUT2D eigenvalue weighted by Gasteiger charge is 2.37. The number of fused-ring (bicyclic) bond motifs is 1. The largest absolute Gasteiger partial charge is 0.379 e. The third kappa shape index (κ3) is 3.29. The molecule has 1 amide bonds. The molecule has 1 saturated heterocycles. The quantitative estimate of drug-likeness (QED) is 0.770. The van der Waals surface area contributed by atoms with Crippen molar-refractivity contribution in [2.75, 3.05) is 60.5 Å². The number of para-hydroxylation sites is 1. The van der Waals surface area contributed by atoms with Crippen LogP contribution in [0.1, 0.15) is 5.56 Å². The van der Waals surface area contributed by atoms with Crippen LogP contribution in [0.5, 0.6) is 0 Å². The van der Waals surface area contributed by atoms with Crippen molar-refractivity contribution < 1.29 is 9.53 Å². The fourth-order valence-electron chi connectivity index (χ4n) is 3.07. The highest BCUT2D eigenvalue weighted by atomic mass is 16.5. The second kappa shape index (κ2) is 6.39. The highest BCUT2D eigenvalue weighted by Crippen LogP contribution is 2.31. The Morgan fingerprint density at radius 2 is 2.00 bits per heavy atom. The molecule has 0 bridgehead atoms. The summed E-state index contributed by atoms with van der Waals surface area (Å²) in [6, 6.07) is 7.96. The number of carbonyl (C=O) groups excluding carboxylic acids is 1. The molecule has 0 atom stereocenters. The molecule has 0 spiro atoms. The molecule has 0 N–H and O–H groups in total. The normalized spacial score (nSPS) is 20.0. The minimum atomic E-state index is -0.00518. The van der Waals surface area contributed by atoms with Crippen molar-refractivity contribution in [3.05, 3.63) is 29.8 Å². The minimum Gasteiger partial charge on any atom is -0.379 e. The molecule has 0 saturated carbocycles. The summed E-state index contributed by atoms with van der Waals surface area (Å²) in [6.07, 6.45) is 0. The SMILES string of the molecule is CN(CCN1CCOCC1)C(=O)C1=N[N+](C)(C)c2ccccc21. The summed E-state index contributed by atoms with van der Waals surface area (Å²) in [4.78, 5) is 16.9. The Balaban J connectivity index is 1.68. The smallest absolute Gasteiger partial charge is 0.278 e. The molecule has 0 unspecified atom stereocenters. The summed E-state index contributed by atoms with van der Waals surface area (Å²) in [6.45, 7) is 5.02. The van der Waals surface area contributed by atoms with Crippen molar-refractivity contribution >= 4 is 17.3 Å². The zero-order valence-corrected chi connectivity index (χ0v) is 14.2. The molecule has 23 heavy (non-hydrogen) atoms. The summed E-state index contributed by atoms with van der Waals surface area (Å²) in [5.74, 6) is -0.00518. The maximum atomic E-state index is 12.8. The van der Waals surface area contributed by atoms with Gasteiger partial charge in [0.2, 0.25) is 0 Å². The monoisotopic (exact) mass is 317 g/mol. The van der Waals surface area contributed by atoms with E-state index in [2.05, 4.69) is 10.0 Å². The Morgan fingerprint density at radius 3 is 2.74 bits per heavy atom. The maximum Gasteiger partial charge on any atom is 0.278 e. The first-order valence-electron chi connectivity index (χ1n) is 8.09. The van der Waals surface area contributed by atoms with Gasteiger partial charge in [-0.3, -0.25) is 9.69 Å². The number of hydrogen-bond acceptors (Lipinski definition) is 4. The van der Waals surface area contributed by atoms with E-state index in [0.29, 0.717) is 16.8 Å². The highest BCUT2D eigenvalue weighted by molar-refractivity contribution is 6.47. The standard InChI is InChI=1S/C17H25N4O2/c1-19(8-9-20-10-12-23-13-11-20)17(22)16-14-6-4-5-7-15(14)21(2,3)18-16/h4-7H,8-13H2,1-3H3/q+1. The molecule has 124 valence electrons. The number of ether oxygens (including phenoxy) is 1. The van der Waals surface area contributed by atoms with E-state index in [9.17, 15) is 4.79 Å². The van der Waals surface area contributed by atoms with Gasteiger partial charge in [-0.1, -0.05) is 17.2 Å². The number of rotatable bonds is 4. The first kappa shape index (κ1) is 16.1. The molecule has 0 aromatic heterocycles. The van der Waals surface area contributed by atoms with Crippen molar-refractivity contribution in [3.63, 3.8) is 0 Å². The summed E-state index contributed by atoms with van der Waals surface area (Å²) in [7, 11) is 5.84. The lowest BCUT2D eigenvalue weighted by atomic mass is 10.1. The van der Waals surface area contributed by atoms with Crippen molar-refractivity contribution in [1.82, 2.24) is 14.4 Å². The van der Waals surface area contributed by atoms with Gasteiger partial charge in [0.15, 0.2) is 11.4 Å². The molecular formula is C17H25N4O2+. The molecule has 2 heterocycles. The van der Waals surface area contributed by atoms with Gasteiger partial charge in [-0.25, -0.2) is 0 Å². The molecule has 0 aliphatic carbocycles. The van der Waals surface area contributed by atoms with Gasteiger partial charge in [0.05, 0.1) is 32.9 Å². The van der Waals surface area contributed by atoms with Gasteiger partial charge in [-0.05, 0) is 6.07 Å². The van der Waals surface area contributed by atoms with Gasteiger partial charge in [0, 0.05) is 39.3 Å². The second-order valence-electron chi connectivity index (χ2n) is 6.54. The van der Waals surface area contributed by atoms with E-state index in [1.165, 1.54) is 0 Å². The Bertz CT molecular complexity index is 621. The topological polar surface area (TPSA) is 45.1 Å². The van der Waals surface area contributed by atoms with Crippen LogP contribution >= 0.6 is 0 Å². The predicted molar refractivity (Wildman–Crippen MR) is 91.5 cm³/mol. The predicted octanol–water partition coefficient (Wildman–Crippen LogP) is 0.762. The molecule has 2 aliphatic rings. The van der Waals surface area contributed by atoms with E-state index in [0.717, 1.165) is 44.1 Å². The number of hydrogen-bond donors (Lipinski definition) is 0. The molecule has 6 heteroatoms. The lowest BCUT2D eigenvalue weighted by Gasteiger charge is -2.28. The Labute approximate surface area is 137 Å². The summed E-state index contributed by atoms with van der Waals surface area (Å²) in [5, 5.41) is 4.63. The fourth-order valence-corrected chi connectivity index (χ4v) is 3.07. The van der Waals surface area contributed by atoms with Crippen molar-refractivity contribution in [1.29, 1.82) is 0 Å². The number of quaternary nitrogens is 1. The average molecular weight is 317 g/mol. The zero-order chi connectivity index (χ0) is 16.4. The summed E-state index contributed by atoms with van der Waals surface area (Å²) in [5.41, 5.74) is 2.58. The molecule has 0 radical (unpaired) electrons. The van der Waals surface area contributed by atoms with Crippen LogP contribution in [0.2, 0.25) is 0 Å². The molecule has 2 aliphatic heterocycles. The van der Waals surface area contributed by atoms with E-state index in [1.54, 1.807) is 4.90 Å². The number of amides is 1. The third-order valence-corrected chi connectivity index (χ3v) is 4.50. The number of carbonyl (C=O) groups is 1.